The lowest BCUT2D eigenvalue weighted by Gasteiger charge is -2.17. The molecular formula is C20H19N3O3. The maximum absolute atomic E-state index is 12.4. The molecule has 1 amide bonds. The number of hydrogen-bond donors (Lipinski definition) is 2. The van der Waals surface area contributed by atoms with Gasteiger partial charge in [0.15, 0.2) is 0 Å². The molecule has 1 aromatic heterocycles. The van der Waals surface area contributed by atoms with Gasteiger partial charge in [-0.1, -0.05) is 29.8 Å². The second kappa shape index (κ2) is 6.22. The Morgan fingerprint density at radius 3 is 2.50 bits per heavy atom. The van der Waals surface area contributed by atoms with E-state index in [1.807, 2.05) is 49.4 Å². The summed E-state index contributed by atoms with van der Waals surface area (Å²) in [5.41, 5.74) is 5.01. The number of aromatic amines is 1. The van der Waals surface area contributed by atoms with Crippen LogP contribution in [-0.2, 0) is 0 Å². The molecule has 26 heavy (non-hydrogen) atoms. The van der Waals surface area contributed by atoms with Crippen LogP contribution in [0, 0.1) is 6.92 Å². The average molecular weight is 349 g/mol. The molecule has 1 aliphatic rings. The third-order valence-corrected chi connectivity index (χ3v) is 4.67. The SMILES string of the molecule is COc1ccc(OC)c(C2NC(=O)c3[nH]nc(-c4ccc(C)cc4)c32)c1. The summed E-state index contributed by atoms with van der Waals surface area (Å²) < 4.78 is 10.9. The van der Waals surface area contributed by atoms with Crippen molar-refractivity contribution >= 4 is 5.91 Å². The number of aryl methyl sites for hydroxylation is 1. The first kappa shape index (κ1) is 16.2. The number of hydrogen-bond acceptors (Lipinski definition) is 4. The van der Waals surface area contributed by atoms with Gasteiger partial charge in [0.25, 0.3) is 5.91 Å². The van der Waals surface area contributed by atoms with Gasteiger partial charge in [-0.25, -0.2) is 0 Å². The standard InChI is InChI=1S/C20H19N3O3/c1-11-4-6-12(7-5-11)17-16-18(21-20(24)19(16)23-22-17)14-10-13(25-2)8-9-15(14)26-3/h4-10,18H,1-3H3,(H,21,24)(H,22,23). The normalized spacial score (nSPS) is 15.5. The van der Waals surface area contributed by atoms with E-state index in [0.717, 1.165) is 22.4 Å². The number of ether oxygens (including phenoxy) is 2. The topological polar surface area (TPSA) is 76.2 Å². The molecular weight excluding hydrogens is 330 g/mol. The predicted molar refractivity (Wildman–Crippen MR) is 97.6 cm³/mol. The van der Waals surface area contributed by atoms with Gasteiger partial charge < -0.3 is 14.8 Å². The summed E-state index contributed by atoms with van der Waals surface area (Å²) in [5.74, 6) is 1.20. The Bertz CT molecular complexity index is 976. The molecule has 6 heteroatoms. The number of benzene rings is 2. The lowest BCUT2D eigenvalue weighted by atomic mass is 9.95. The minimum atomic E-state index is -0.363. The largest absolute Gasteiger partial charge is 0.497 e. The van der Waals surface area contributed by atoms with Gasteiger partial charge >= 0.3 is 0 Å². The molecule has 2 N–H and O–H groups in total. The van der Waals surface area contributed by atoms with Crippen LogP contribution in [0.5, 0.6) is 11.5 Å². The monoisotopic (exact) mass is 349 g/mol. The smallest absolute Gasteiger partial charge is 0.270 e. The average Bonchev–Trinajstić information content (AvgIpc) is 3.23. The summed E-state index contributed by atoms with van der Waals surface area (Å²) in [5, 5.41) is 10.3. The van der Waals surface area contributed by atoms with E-state index in [0.29, 0.717) is 17.2 Å². The Kier molecular flexibility index (Phi) is 3.88. The first-order chi connectivity index (χ1) is 12.6. The van der Waals surface area contributed by atoms with Gasteiger partial charge in [-0.15, -0.1) is 0 Å². The predicted octanol–water partition coefficient (Wildman–Crippen LogP) is 3.24. The zero-order valence-corrected chi connectivity index (χ0v) is 14.8. The van der Waals surface area contributed by atoms with E-state index in [1.165, 1.54) is 5.56 Å². The molecule has 0 saturated heterocycles. The Morgan fingerprint density at radius 2 is 1.81 bits per heavy atom. The molecule has 3 aromatic rings. The summed E-state index contributed by atoms with van der Waals surface area (Å²) in [6, 6.07) is 13.3. The number of aromatic nitrogens is 2. The van der Waals surface area contributed by atoms with Gasteiger partial charge in [-0.3, -0.25) is 9.89 Å². The van der Waals surface area contributed by atoms with Crippen molar-refractivity contribution in [3.63, 3.8) is 0 Å². The summed E-state index contributed by atoms with van der Waals surface area (Å²) in [7, 11) is 3.22. The first-order valence-electron chi connectivity index (χ1n) is 8.30. The lowest BCUT2D eigenvalue weighted by Crippen LogP contribution is -2.21. The molecule has 0 spiro atoms. The van der Waals surface area contributed by atoms with E-state index in [2.05, 4.69) is 15.5 Å². The summed E-state index contributed by atoms with van der Waals surface area (Å²) >= 11 is 0. The molecule has 1 aliphatic heterocycles. The van der Waals surface area contributed by atoms with Crippen molar-refractivity contribution in [1.82, 2.24) is 15.5 Å². The quantitative estimate of drug-likeness (QED) is 0.758. The van der Waals surface area contributed by atoms with E-state index in [-0.39, 0.29) is 11.9 Å². The number of fused-ring (bicyclic) bond motifs is 1. The van der Waals surface area contributed by atoms with Gasteiger partial charge in [0.2, 0.25) is 0 Å². The highest BCUT2D eigenvalue weighted by Gasteiger charge is 2.37. The van der Waals surface area contributed by atoms with Crippen LogP contribution in [0.4, 0.5) is 0 Å². The Balaban J connectivity index is 1.87. The van der Waals surface area contributed by atoms with Gasteiger partial charge in [0.1, 0.15) is 17.2 Å². The van der Waals surface area contributed by atoms with Crippen LogP contribution in [0.2, 0.25) is 0 Å². The molecule has 2 aromatic carbocycles. The van der Waals surface area contributed by atoms with Gasteiger partial charge in [-0.2, -0.15) is 5.10 Å². The van der Waals surface area contributed by atoms with Crippen molar-refractivity contribution in [3.05, 3.63) is 64.8 Å². The number of H-pyrrole nitrogens is 1. The van der Waals surface area contributed by atoms with Crippen molar-refractivity contribution < 1.29 is 14.3 Å². The minimum Gasteiger partial charge on any atom is -0.497 e. The highest BCUT2D eigenvalue weighted by Crippen LogP contribution is 2.41. The molecule has 6 nitrogen and oxygen atoms in total. The third-order valence-electron chi connectivity index (χ3n) is 4.67. The summed E-state index contributed by atoms with van der Waals surface area (Å²) in [6.07, 6.45) is 0. The number of nitrogens with one attached hydrogen (secondary N) is 2. The number of nitrogens with zero attached hydrogens (tertiary/aromatic N) is 1. The van der Waals surface area contributed by atoms with E-state index in [4.69, 9.17) is 9.47 Å². The molecule has 0 aliphatic carbocycles. The molecule has 0 fully saturated rings. The first-order valence-corrected chi connectivity index (χ1v) is 8.30. The van der Waals surface area contributed by atoms with Crippen LogP contribution < -0.4 is 14.8 Å². The molecule has 132 valence electrons. The fourth-order valence-electron chi connectivity index (χ4n) is 3.31. The maximum Gasteiger partial charge on any atom is 0.270 e. The fraction of sp³-hybridized carbons (Fsp3) is 0.200. The van der Waals surface area contributed by atoms with Gasteiger partial charge in [0.05, 0.1) is 26.0 Å². The molecule has 2 heterocycles. The summed E-state index contributed by atoms with van der Waals surface area (Å²) in [6.45, 7) is 2.04. The van der Waals surface area contributed by atoms with Crippen molar-refractivity contribution in [1.29, 1.82) is 0 Å². The molecule has 1 atom stereocenters. The Labute approximate surface area is 151 Å². The highest BCUT2D eigenvalue weighted by atomic mass is 16.5. The van der Waals surface area contributed by atoms with E-state index < -0.39 is 0 Å². The van der Waals surface area contributed by atoms with E-state index in [9.17, 15) is 4.79 Å². The number of rotatable bonds is 4. The molecule has 4 rings (SSSR count). The lowest BCUT2D eigenvalue weighted by molar-refractivity contribution is 0.0955. The van der Waals surface area contributed by atoms with Crippen LogP contribution in [0.25, 0.3) is 11.3 Å². The van der Waals surface area contributed by atoms with Crippen molar-refractivity contribution in [2.75, 3.05) is 14.2 Å². The number of carbonyl (C=O) groups excluding carboxylic acids is 1. The van der Waals surface area contributed by atoms with Gasteiger partial charge in [-0.05, 0) is 25.1 Å². The molecule has 0 bridgehead atoms. The number of methoxy groups -OCH3 is 2. The van der Waals surface area contributed by atoms with E-state index >= 15 is 0 Å². The third kappa shape index (κ3) is 2.50. The van der Waals surface area contributed by atoms with Crippen LogP contribution >= 0.6 is 0 Å². The van der Waals surface area contributed by atoms with Crippen molar-refractivity contribution in [3.8, 4) is 22.8 Å². The van der Waals surface area contributed by atoms with Crippen molar-refractivity contribution in [2.24, 2.45) is 0 Å². The molecule has 0 radical (unpaired) electrons. The van der Waals surface area contributed by atoms with Gasteiger partial charge in [0, 0.05) is 16.7 Å². The van der Waals surface area contributed by atoms with Crippen molar-refractivity contribution in [2.45, 2.75) is 13.0 Å². The minimum absolute atomic E-state index is 0.180. The zero-order valence-electron chi connectivity index (χ0n) is 14.8. The zero-order chi connectivity index (χ0) is 18.3. The molecule has 0 saturated carbocycles. The van der Waals surface area contributed by atoms with Crippen LogP contribution in [0.3, 0.4) is 0 Å². The Morgan fingerprint density at radius 1 is 1.04 bits per heavy atom. The molecule has 1 unspecified atom stereocenters. The fourth-order valence-corrected chi connectivity index (χ4v) is 3.31. The number of amides is 1. The van der Waals surface area contributed by atoms with Crippen LogP contribution in [0.1, 0.15) is 33.2 Å². The maximum atomic E-state index is 12.4. The number of carbonyl (C=O) groups is 1. The second-order valence-electron chi connectivity index (χ2n) is 6.24. The van der Waals surface area contributed by atoms with Crippen LogP contribution in [0.15, 0.2) is 42.5 Å². The highest BCUT2D eigenvalue weighted by molar-refractivity contribution is 6.00. The van der Waals surface area contributed by atoms with Crippen LogP contribution in [-0.4, -0.2) is 30.3 Å². The summed E-state index contributed by atoms with van der Waals surface area (Å²) in [4.78, 5) is 12.4. The second-order valence-corrected chi connectivity index (χ2v) is 6.24. The Hall–Kier alpha value is -3.28. The van der Waals surface area contributed by atoms with E-state index in [1.54, 1.807) is 14.2 Å².